The van der Waals surface area contributed by atoms with Gasteiger partial charge >= 0.3 is 0 Å². The quantitative estimate of drug-likeness (QED) is 0.516. The van der Waals surface area contributed by atoms with Gasteiger partial charge in [0.15, 0.2) is 0 Å². The minimum atomic E-state index is 0.416. The highest BCUT2D eigenvalue weighted by atomic mass is 32.1. The first kappa shape index (κ1) is 9.17. The van der Waals surface area contributed by atoms with E-state index in [1.807, 2.05) is 0 Å². The Bertz CT molecular complexity index is 273. The summed E-state index contributed by atoms with van der Waals surface area (Å²) in [5.74, 6) is 1.33. The fourth-order valence-corrected chi connectivity index (χ4v) is 2.94. The molecule has 2 unspecified atom stereocenters. The van der Waals surface area contributed by atoms with Crippen molar-refractivity contribution >= 4 is 34.8 Å². The number of fused-ring (bicyclic) bond motifs is 2. The maximum absolute atomic E-state index is 4.62. The summed E-state index contributed by atoms with van der Waals surface area (Å²) in [6, 6.07) is 0.832. The molecular formula is C9H10N2S2. The Labute approximate surface area is 88.2 Å². The van der Waals surface area contributed by atoms with Gasteiger partial charge in [0.25, 0.3) is 0 Å². The number of isothiocyanates is 2. The predicted molar refractivity (Wildman–Crippen MR) is 58.5 cm³/mol. The zero-order valence-corrected chi connectivity index (χ0v) is 8.77. The maximum atomic E-state index is 4.62. The molecular weight excluding hydrogens is 200 g/mol. The summed E-state index contributed by atoms with van der Waals surface area (Å²) in [7, 11) is 0. The fourth-order valence-electron chi connectivity index (χ4n) is 2.67. The SMILES string of the molecule is S=C=NC1C[C@H]2C[C@@H]1CC2N=C=S. The lowest BCUT2D eigenvalue weighted by Crippen LogP contribution is -2.22. The van der Waals surface area contributed by atoms with Gasteiger partial charge in [-0.2, -0.15) is 0 Å². The second kappa shape index (κ2) is 3.77. The molecule has 2 saturated carbocycles. The highest BCUT2D eigenvalue weighted by Crippen LogP contribution is 2.47. The van der Waals surface area contributed by atoms with Crippen molar-refractivity contribution in [2.24, 2.45) is 21.8 Å². The van der Waals surface area contributed by atoms with E-state index in [9.17, 15) is 0 Å². The Balaban J connectivity index is 2.06. The lowest BCUT2D eigenvalue weighted by atomic mass is 9.92. The Kier molecular flexibility index (Phi) is 2.66. The molecule has 4 heteroatoms. The van der Waals surface area contributed by atoms with E-state index in [2.05, 4.69) is 44.7 Å². The smallest absolute Gasteiger partial charge is 0.0635 e. The molecule has 13 heavy (non-hydrogen) atoms. The number of hydrogen-bond acceptors (Lipinski definition) is 4. The maximum Gasteiger partial charge on any atom is 0.0635 e. The standard InChI is InChI=1S/C9H10N2S2/c12-4-10-8-2-6-1-7(8)3-9(6)11-5-13/h6-9H,1-3H2/t6-,7-,8?,9?/m1/s1. The van der Waals surface area contributed by atoms with Gasteiger partial charge in [0.2, 0.25) is 0 Å². The first-order valence-corrected chi connectivity index (χ1v) is 5.30. The third-order valence-electron chi connectivity index (χ3n) is 3.22. The van der Waals surface area contributed by atoms with E-state index in [1.165, 1.54) is 6.42 Å². The molecule has 2 aliphatic rings. The van der Waals surface area contributed by atoms with Crippen LogP contribution in [0.25, 0.3) is 0 Å². The van der Waals surface area contributed by atoms with Gasteiger partial charge in [-0.3, -0.25) is 0 Å². The predicted octanol–water partition coefficient (Wildman–Crippen LogP) is 2.36. The molecule has 0 amide bonds. The van der Waals surface area contributed by atoms with Crippen LogP contribution in [0.1, 0.15) is 19.3 Å². The molecule has 2 aliphatic carbocycles. The topological polar surface area (TPSA) is 24.7 Å². The lowest BCUT2D eigenvalue weighted by molar-refractivity contribution is 0.380. The largest absolute Gasteiger partial charge is 0.229 e. The molecule has 0 radical (unpaired) electrons. The number of rotatable bonds is 2. The van der Waals surface area contributed by atoms with E-state index in [0.717, 1.165) is 12.8 Å². The van der Waals surface area contributed by atoms with Gasteiger partial charge in [0.1, 0.15) is 0 Å². The van der Waals surface area contributed by atoms with Crippen LogP contribution >= 0.6 is 24.4 Å². The summed E-state index contributed by atoms with van der Waals surface area (Å²) in [6.45, 7) is 0. The third kappa shape index (κ3) is 1.63. The second-order valence-corrected chi connectivity index (χ2v) is 4.17. The molecule has 2 bridgehead atoms. The van der Waals surface area contributed by atoms with E-state index in [-0.39, 0.29) is 0 Å². The van der Waals surface area contributed by atoms with Crippen molar-refractivity contribution < 1.29 is 0 Å². The van der Waals surface area contributed by atoms with Gasteiger partial charge in [-0.05, 0) is 55.5 Å². The van der Waals surface area contributed by atoms with Crippen LogP contribution in [-0.2, 0) is 0 Å². The molecule has 0 spiro atoms. The molecule has 2 rings (SSSR count). The highest BCUT2D eigenvalue weighted by molar-refractivity contribution is 7.78. The molecule has 0 N–H and O–H groups in total. The van der Waals surface area contributed by atoms with Gasteiger partial charge < -0.3 is 0 Å². The molecule has 0 aromatic carbocycles. The zero-order valence-electron chi connectivity index (χ0n) is 7.14. The van der Waals surface area contributed by atoms with Crippen LogP contribution in [-0.4, -0.2) is 22.4 Å². The molecule has 0 aliphatic heterocycles. The third-order valence-corrected chi connectivity index (χ3v) is 3.43. The average Bonchev–Trinajstić information content (AvgIpc) is 2.65. The van der Waals surface area contributed by atoms with Crippen molar-refractivity contribution in [3.05, 3.63) is 0 Å². The van der Waals surface area contributed by atoms with E-state index in [1.54, 1.807) is 0 Å². The Morgan fingerprint density at radius 2 is 1.31 bits per heavy atom. The van der Waals surface area contributed by atoms with E-state index < -0.39 is 0 Å². The second-order valence-electron chi connectivity index (χ2n) is 3.80. The minimum absolute atomic E-state index is 0.416. The summed E-state index contributed by atoms with van der Waals surface area (Å²) in [5.41, 5.74) is 0. The van der Waals surface area contributed by atoms with Crippen LogP contribution in [0.3, 0.4) is 0 Å². The number of hydrogen-bond donors (Lipinski definition) is 0. The summed E-state index contributed by atoms with van der Waals surface area (Å²) >= 11 is 9.23. The van der Waals surface area contributed by atoms with Gasteiger partial charge in [-0.15, -0.1) is 0 Å². The zero-order chi connectivity index (χ0) is 9.26. The minimum Gasteiger partial charge on any atom is -0.229 e. The molecule has 68 valence electrons. The summed E-state index contributed by atoms with van der Waals surface area (Å²) in [5, 5.41) is 4.97. The van der Waals surface area contributed by atoms with Crippen LogP contribution in [0.15, 0.2) is 9.98 Å². The van der Waals surface area contributed by atoms with Gasteiger partial charge in [0.05, 0.1) is 22.4 Å². The Morgan fingerprint density at radius 1 is 0.846 bits per heavy atom. The number of aliphatic imine (C=N–C) groups is 2. The normalized spacial score (nSPS) is 40.9. The highest BCUT2D eigenvalue weighted by Gasteiger charge is 2.45. The van der Waals surface area contributed by atoms with Crippen molar-refractivity contribution in [1.82, 2.24) is 0 Å². The van der Waals surface area contributed by atoms with E-state index >= 15 is 0 Å². The molecule has 0 aromatic heterocycles. The van der Waals surface area contributed by atoms with Gasteiger partial charge in [-0.25, -0.2) is 9.98 Å². The first-order valence-electron chi connectivity index (χ1n) is 4.49. The van der Waals surface area contributed by atoms with Gasteiger partial charge in [-0.1, -0.05) is 0 Å². The van der Waals surface area contributed by atoms with E-state index in [0.29, 0.717) is 23.9 Å². The molecule has 4 atom stereocenters. The van der Waals surface area contributed by atoms with E-state index in [4.69, 9.17) is 0 Å². The molecule has 0 saturated heterocycles. The van der Waals surface area contributed by atoms with Gasteiger partial charge in [0, 0.05) is 0 Å². The van der Waals surface area contributed by atoms with Crippen LogP contribution in [0.2, 0.25) is 0 Å². The van der Waals surface area contributed by atoms with Crippen LogP contribution in [0, 0.1) is 11.8 Å². The number of thiocarbonyl (C=S) groups is 2. The molecule has 0 heterocycles. The van der Waals surface area contributed by atoms with Crippen molar-refractivity contribution in [3.8, 4) is 0 Å². The lowest BCUT2D eigenvalue weighted by Gasteiger charge is -2.20. The monoisotopic (exact) mass is 210 g/mol. The fraction of sp³-hybridized carbons (Fsp3) is 0.778. The van der Waals surface area contributed by atoms with Crippen molar-refractivity contribution in [2.75, 3.05) is 0 Å². The summed E-state index contributed by atoms with van der Waals surface area (Å²) in [6.07, 6.45) is 3.45. The summed E-state index contributed by atoms with van der Waals surface area (Å²) in [4.78, 5) is 8.36. The van der Waals surface area contributed by atoms with Crippen LogP contribution in [0.4, 0.5) is 0 Å². The Hall–Kier alpha value is -0.400. The van der Waals surface area contributed by atoms with Crippen LogP contribution < -0.4 is 0 Å². The molecule has 2 nitrogen and oxygen atoms in total. The van der Waals surface area contributed by atoms with Crippen LogP contribution in [0.5, 0.6) is 0 Å². The first-order chi connectivity index (χ1) is 6.35. The van der Waals surface area contributed by atoms with Crippen molar-refractivity contribution in [2.45, 2.75) is 31.3 Å². The van der Waals surface area contributed by atoms with Crippen molar-refractivity contribution in [1.29, 1.82) is 0 Å². The Morgan fingerprint density at radius 3 is 1.62 bits per heavy atom. The molecule has 0 aromatic rings. The van der Waals surface area contributed by atoms with Crippen molar-refractivity contribution in [3.63, 3.8) is 0 Å². The molecule has 2 fully saturated rings. The average molecular weight is 210 g/mol. The summed E-state index contributed by atoms with van der Waals surface area (Å²) < 4.78 is 0. The number of nitrogens with zero attached hydrogens (tertiary/aromatic N) is 2.